The SMILES string of the molecule is CN(C)CCCN1c2ccccc2Sc2ccc(Cl)cc21.Cc1cccc(CCC2=NCCNC23CCN(S(=O)(=O)c2cc(C)cc(C)c2)CC3)c1. The fraction of sp³-hybridized carbons (Fsp3) is 0.405. The van der Waals surface area contributed by atoms with E-state index in [1.165, 1.54) is 38.0 Å². The van der Waals surface area contributed by atoms with Crippen LogP contribution in [0.2, 0.25) is 5.02 Å². The van der Waals surface area contributed by atoms with Crippen LogP contribution in [-0.2, 0) is 16.4 Å². The van der Waals surface area contributed by atoms with Crippen molar-refractivity contribution in [1.82, 2.24) is 14.5 Å². The molecule has 4 aromatic rings. The van der Waals surface area contributed by atoms with Crippen molar-refractivity contribution in [2.45, 2.75) is 73.1 Å². The minimum absolute atomic E-state index is 0.170. The number of piperidine rings is 1. The molecule has 1 fully saturated rings. The fourth-order valence-corrected chi connectivity index (χ4v) is 10.5. The van der Waals surface area contributed by atoms with Crippen molar-refractivity contribution in [3.05, 3.63) is 112 Å². The van der Waals surface area contributed by atoms with Crippen LogP contribution in [-0.4, -0.2) is 82.2 Å². The molecular formula is C42H52ClN5O2S2. The maximum absolute atomic E-state index is 13.3. The second-order valence-electron chi connectivity index (χ2n) is 14.5. The molecule has 0 bridgehead atoms. The molecule has 3 aliphatic heterocycles. The standard InChI is InChI=1S/C25H33N3O2S.C17H19ClN2S/c1-19-5-4-6-22(16-19)7-8-24-25(27-12-11-26-24)9-13-28(14-10-25)31(29,30)23-17-20(2)15-21(3)18-23;1-19(2)10-5-11-20-14-6-3-4-7-16(14)21-17-9-8-13(18)12-15(17)20/h4-6,15-18,27H,7-14H2,1-3H3;3-4,6-9,12H,5,10-11H2,1-2H3. The second-order valence-corrected chi connectivity index (χ2v) is 18.0. The van der Waals surface area contributed by atoms with Crippen LogP contribution in [0.3, 0.4) is 0 Å². The summed E-state index contributed by atoms with van der Waals surface area (Å²) in [5.41, 5.74) is 8.12. The first kappa shape index (κ1) is 38.5. The highest BCUT2D eigenvalue weighted by Crippen LogP contribution is 2.48. The predicted molar refractivity (Wildman–Crippen MR) is 219 cm³/mol. The Balaban J connectivity index is 0.000000192. The van der Waals surface area contributed by atoms with Crippen LogP contribution in [0, 0.1) is 20.8 Å². The van der Waals surface area contributed by atoms with Gasteiger partial charge in [0.25, 0.3) is 0 Å². The number of sulfonamides is 1. The van der Waals surface area contributed by atoms with Crippen molar-refractivity contribution in [2.24, 2.45) is 4.99 Å². The molecule has 10 heteroatoms. The highest BCUT2D eigenvalue weighted by molar-refractivity contribution is 7.99. The van der Waals surface area contributed by atoms with Crippen LogP contribution in [0.25, 0.3) is 0 Å². The quantitative estimate of drug-likeness (QED) is 0.184. The van der Waals surface area contributed by atoms with Gasteiger partial charge in [-0.1, -0.05) is 71.4 Å². The van der Waals surface area contributed by atoms with E-state index in [2.05, 4.69) is 96.8 Å². The zero-order valence-corrected chi connectivity index (χ0v) is 33.5. The highest BCUT2D eigenvalue weighted by Gasteiger charge is 2.42. The lowest BCUT2D eigenvalue weighted by molar-refractivity contribution is 0.243. The summed E-state index contributed by atoms with van der Waals surface area (Å²) >= 11 is 8.03. The Kier molecular flexibility index (Phi) is 12.5. The Labute approximate surface area is 320 Å². The zero-order valence-electron chi connectivity index (χ0n) is 31.2. The summed E-state index contributed by atoms with van der Waals surface area (Å²) in [7, 11) is 0.758. The monoisotopic (exact) mass is 757 g/mol. The smallest absolute Gasteiger partial charge is 0.243 e. The first-order valence-electron chi connectivity index (χ1n) is 18.4. The van der Waals surface area contributed by atoms with Crippen LogP contribution in [0.4, 0.5) is 11.4 Å². The van der Waals surface area contributed by atoms with Gasteiger partial charge in [-0.05, 0) is 133 Å². The Morgan fingerprint density at radius 2 is 1.58 bits per heavy atom. The largest absolute Gasteiger partial charge is 0.340 e. The molecule has 3 aliphatic rings. The normalized spacial score (nSPS) is 16.9. The number of para-hydroxylation sites is 1. The van der Waals surface area contributed by atoms with Gasteiger partial charge in [0.15, 0.2) is 0 Å². The van der Waals surface area contributed by atoms with Crippen LogP contribution in [0.15, 0.2) is 105 Å². The fourth-order valence-electron chi connectivity index (χ4n) is 7.58. The van der Waals surface area contributed by atoms with Gasteiger partial charge in [0.1, 0.15) is 0 Å². The van der Waals surface area contributed by atoms with E-state index >= 15 is 0 Å². The first-order valence-corrected chi connectivity index (χ1v) is 21.0. The van der Waals surface area contributed by atoms with E-state index in [1.807, 2.05) is 37.7 Å². The van der Waals surface area contributed by atoms with Gasteiger partial charge in [-0.3, -0.25) is 4.99 Å². The van der Waals surface area contributed by atoms with Crippen LogP contribution >= 0.6 is 23.4 Å². The number of anilines is 2. The van der Waals surface area contributed by atoms with E-state index in [0.29, 0.717) is 18.0 Å². The van der Waals surface area contributed by atoms with Gasteiger partial charge >= 0.3 is 0 Å². The van der Waals surface area contributed by atoms with Gasteiger partial charge in [0.05, 0.1) is 28.4 Å². The van der Waals surface area contributed by atoms with E-state index in [0.717, 1.165) is 74.4 Å². The average Bonchev–Trinajstić information content (AvgIpc) is 3.11. The molecule has 0 radical (unpaired) electrons. The molecule has 0 aromatic heterocycles. The molecule has 1 spiro atoms. The van der Waals surface area contributed by atoms with E-state index < -0.39 is 10.0 Å². The molecule has 7 nitrogen and oxygen atoms in total. The number of aliphatic imine (C=N–C) groups is 1. The number of fused-ring (bicyclic) bond motifs is 2. The maximum Gasteiger partial charge on any atom is 0.243 e. The number of hydrogen-bond acceptors (Lipinski definition) is 7. The Morgan fingerprint density at radius 3 is 2.31 bits per heavy atom. The molecule has 1 N–H and O–H groups in total. The summed E-state index contributed by atoms with van der Waals surface area (Å²) in [4.78, 5) is 12.5. The van der Waals surface area contributed by atoms with Gasteiger partial charge in [-0.2, -0.15) is 4.31 Å². The van der Waals surface area contributed by atoms with Crippen LogP contribution in [0.5, 0.6) is 0 Å². The second kappa shape index (κ2) is 16.9. The number of hydrogen-bond donors (Lipinski definition) is 1. The van der Waals surface area contributed by atoms with Crippen LogP contribution in [0.1, 0.15) is 47.9 Å². The zero-order chi connectivity index (χ0) is 36.9. The highest BCUT2D eigenvalue weighted by atomic mass is 35.5. The minimum atomic E-state index is -3.47. The molecule has 0 saturated carbocycles. The van der Waals surface area contributed by atoms with E-state index in [4.69, 9.17) is 16.6 Å². The van der Waals surface area contributed by atoms with Crippen molar-refractivity contribution < 1.29 is 8.42 Å². The number of nitrogens with one attached hydrogen (secondary N) is 1. The molecule has 7 rings (SSSR count). The molecule has 3 heterocycles. The van der Waals surface area contributed by atoms with Crippen molar-refractivity contribution in [1.29, 1.82) is 0 Å². The summed E-state index contributed by atoms with van der Waals surface area (Å²) in [6.07, 6.45) is 4.54. The lowest BCUT2D eigenvalue weighted by atomic mass is 9.80. The van der Waals surface area contributed by atoms with Crippen molar-refractivity contribution in [2.75, 3.05) is 58.3 Å². The Hall–Kier alpha value is -3.18. The van der Waals surface area contributed by atoms with E-state index in [1.54, 1.807) is 16.4 Å². The van der Waals surface area contributed by atoms with Crippen molar-refractivity contribution in [3.8, 4) is 0 Å². The Bertz CT molecular complexity index is 1990. The minimum Gasteiger partial charge on any atom is -0.340 e. The molecule has 1 saturated heterocycles. The molecule has 0 unspecified atom stereocenters. The molecule has 0 atom stereocenters. The third kappa shape index (κ3) is 9.12. The lowest BCUT2D eigenvalue weighted by Gasteiger charge is -2.44. The molecule has 0 amide bonds. The van der Waals surface area contributed by atoms with Gasteiger partial charge in [-0.15, -0.1) is 0 Å². The number of benzene rings is 4. The van der Waals surface area contributed by atoms with Gasteiger partial charge in [0.2, 0.25) is 10.0 Å². The molecule has 52 heavy (non-hydrogen) atoms. The predicted octanol–water partition coefficient (Wildman–Crippen LogP) is 8.71. The summed E-state index contributed by atoms with van der Waals surface area (Å²) in [5, 5.41) is 4.51. The molecule has 0 aliphatic carbocycles. The van der Waals surface area contributed by atoms with Crippen molar-refractivity contribution >= 4 is 50.5 Å². The first-order chi connectivity index (χ1) is 24.9. The van der Waals surface area contributed by atoms with Gasteiger partial charge < -0.3 is 15.1 Å². The molecule has 276 valence electrons. The topological polar surface area (TPSA) is 68.2 Å². The third-order valence-corrected chi connectivity index (χ3v) is 13.4. The maximum atomic E-state index is 13.3. The van der Waals surface area contributed by atoms with Crippen molar-refractivity contribution in [3.63, 3.8) is 0 Å². The molecule has 4 aromatic carbocycles. The van der Waals surface area contributed by atoms with E-state index in [9.17, 15) is 8.42 Å². The Morgan fingerprint density at radius 1 is 0.846 bits per heavy atom. The third-order valence-electron chi connectivity index (χ3n) is 10.1. The lowest BCUT2D eigenvalue weighted by Crippen LogP contribution is -2.61. The summed E-state index contributed by atoms with van der Waals surface area (Å²) in [5.74, 6) is 0. The number of rotatable bonds is 9. The number of aryl methyl sites for hydroxylation is 4. The molecular weight excluding hydrogens is 706 g/mol. The van der Waals surface area contributed by atoms with E-state index in [-0.39, 0.29) is 5.54 Å². The summed E-state index contributed by atoms with van der Waals surface area (Å²) < 4.78 is 28.2. The average molecular weight is 758 g/mol. The number of nitrogens with zero attached hydrogens (tertiary/aromatic N) is 4. The summed E-state index contributed by atoms with van der Waals surface area (Å²) in [6.45, 7) is 10.8. The van der Waals surface area contributed by atoms with Gasteiger partial charge in [0, 0.05) is 46.7 Å². The summed E-state index contributed by atoms with van der Waals surface area (Å²) in [6, 6.07) is 29.0. The number of halogens is 1. The van der Waals surface area contributed by atoms with Gasteiger partial charge in [-0.25, -0.2) is 8.42 Å². The van der Waals surface area contributed by atoms with Crippen LogP contribution < -0.4 is 10.2 Å².